The van der Waals surface area contributed by atoms with Crippen molar-refractivity contribution in [3.8, 4) is 6.07 Å². The van der Waals surface area contributed by atoms with Gasteiger partial charge in [0.15, 0.2) is 0 Å². The first-order valence-corrected chi connectivity index (χ1v) is 12.5. The first kappa shape index (κ1) is 22.8. The largest absolute Gasteiger partial charge is 0.347 e. The Balaban J connectivity index is 1.69. The van der Waals surface area contributed by atoms with E-state index in [2.05, 4.69) is 10.6 Å². The molecule has 2 aromatic rings. The van der Waals surface area contributed by atoms with Gasteiger partial charge in [-0.15, -0.1) is 0 Å². The van der Waals surface area contributed by atoms with E-state index in [0.29, 0.717) is 18.5 Å². The molecule has 1 aromatic heterocycles. The van der Waals surface area contributed by atoms with Gasteiger partial charge >= 0.3 is 0 Å². The molecule has 3 rings (SSSR count). The Hall–Kier alpha value is -2.86. The Bertz CT molecular complexity index is 1120. The first-order chi connectivity index (χ1) is 14.7. The Morgan fingerprint density at radius 1 is 1.26 bits per heavy atom. The molecule has 166 valence electrons. The quantitative estimate of drug-likeness (QED) is 0.676. The lowest BCUT2D eigenvalue weighted by molar-refractivity contribution is -0.127. The van der Waals surface area contributed by atoms with Crippen molar-refractivity contribution in [3.05, 3.63) is 36.0 Å². The zero-order chi connectivity index (χ0) is 22.6. The molecule has 1 heterocycles. The molecule has 0 spiro atoms. The number of amides is 2. The average molecular weight is 445 g/mol. The molecule has 0 radical (unpaired) electrons. The first-order valence-electron chi connectivity index (χ1n) is 10.4. The molecule has 1 saturated carbocycles. The summed E-state index contributed by atoms with van der Waals surface area (Å²) in [5.41, 5.74) is 1.47. The fourth-order valence-corrected chi connectivity index (χ4v) is 4.81. The van der Waals surface area contributed by atoms with Crippen molar-refractivity contribution < 1.29 is 18.0 Å². The van der Waals surface area contributed by atoms with Crippen LogP contribution in [0.4, 0.5) is 0 Å². The summed E-state index contributed by atoms with van der Waals surface area (Å²) >= 11 is 0. The second-order valence-corrected chi connectivity index (χ2v) is 10.5. The van der Waals surface area contributed by atoms with E-state index in [1.165, 1.54) is 0 Å². The van der Waals surface area contributed by atoms with Gasteiger partial charge in [-0.25, -0.2) is 8.42 Å². The molecule has 1 fully saturated rings. The number of fused-ring (bicyclic) bond motifs is 1. The maximum absolute atomic E-state index is 13.0. The lowest BCUT2D eigenvalue weighted by atomic mass is 9.83. The molecule has 2 amide bonds. The van der Waals surface area contributed by atoms with Crippen LogP contribution in [-0.2, 0) is 21.7 Å². The molecule has 0 bridgehead atoms. The molecule has 8 nitrogen and oxygen atoms in total. The van der Waals surface area contributed by atoms with E-state index in [0.717, 1.165) is 30.0 Å². The van der Waals surface area contributed by atoms with E-state index >= 15 is 0 Å². The second-order valence-electron chi connectivity index (χ2n) is 8.23. The summed E-state index contributed by atoms with van der Waals surface area (Å²) in [7, 11) is -1.39. The van der Waals surface area contributed by atoms with E-state index in [4.69, 9.17) is 0 Å². The van der Waals surface area contributed by atoms with Crippen LogP contribution in [0, 0.1) is 17.2 Å². The molecule has 1 aromatic carbocycles. The molecule has 9 heteroatoms. The van der Waals surface area contributed by atoms with Crippen LogP contribution in [0.25, 0.3) is 10.9 Å². The number of sulfone groups is 1. The highest BCUT2D eigenvalue weighted by Gasteiger charge is 2.33. The Morgan fingerprint density at radius 3 is 2.65 bits per heavy atom. The van der Waals surface area contributed by atoms with Crippen molar-refractivity contribution in [2.24, 2.45) is 13.0 Å². The highest BCUT2D eigenvalue weighted by molar-refractivity contribution is 7.90. The van der Waals surface area contributed by atoms with Crippen molar-refractivity contribution in [1.29, 1.82) is 5.26 Å². The second kappa shape index (κ2) is 9.52. The average Bonchev–Trinajstić information content (AvgIpc) is 3.07. The summed E-state index contributed by atoms with van der Waals surface area (Å²) in [6.07, 6.45) is 4.19. The molecule has 31 heavy (non-hydrogen) atoms. The molecule has 0 aliphatic heterocycles. The van der Waals surface area contributed by atoms with Gasteiger partial charge in [-0.3, -0.25) is 9.59 Å². The van der Waals surface area contributed by atoms with Gasteiger partial charge in [0.25, 0.3) is 5.91 Å². The number of rotatable bonds is 7. The summed E-state index contributed by atoms with van der Waals surface area (Å²) in [4.78, 5) is 25.8. The van der Waals surface area contributed by atoms with Gasteiger partial charge in [-0.2, -0.15) is 5.26 Å². The minimum absolute atomic E-state index is 0.0424. The van der Waals surface area contributed by atoms with Crippen molar-refractivity contribution >= 4 is 32.6 Å². The maximum atomic E-state index is 13.0. The maximum Gasteiger partial charge on any atom is 0.268 e. The van der Waals surface area contributed by atoms with Gasteiger partial charge in [0.2, 0.25) is 5.91 Å². The molecule has 0 unspecified atom stereocenters. The SMILES string of the molecule is Cn1c(C(=O)N[C@H]2CCCC[C@H]2C(=O)N[C@@H](C#N)CCS(C)(=O)=O)cc2ccccc21. The van der Waals surface area contributed by atoms with E-state index < -0.39 is 21.8 Å². The summed E-state index contributed by atoms with van der Waals surface area (Å²) in [6, 6.07) is 10.3. The number of carbonyl (C=O) groups excluding carboxylic acids is 2. The summed E-state index contributed by atoms with van der Waals surface area (Å²) in [6.45, 7) is 0. The number of hydrogen-bond donors (Lipinski definition) is 2. The number of aryl methyl sites for hydroxylation is 1. The Kier molecular flexibility index (Phi) is 7.01. The third kappa shape index (κ3) is 5.64. The van der Waals surface area contributed by atoms with Crippen molar-refractivity contribution in [2.45, 2.75) is 44.2 Å². The van der Waals surface area contributed by atoms with Gasteiger partial charge in [0.1, 0.15) is 21.6 Å². The van der Waals surface area contributed by atoms with Gasteiger partial charge in [-0.05, 0) is 31.4 Å². The molecule has 0 saturated heterocycles. The summed E-state index contributed by atoms with van der Waals surface area (Å²) in [5, 5.41) is 15.9. The number of hydrogen-bond acceptors (Lipinski definition) is 5. The topological polar surface area (TPSA) is 121 Å². The third-order valence-electron chi connectivity index (χ3n) is 5.85. The minimum Gasteiger partial charge on any atom is -0.347 e. The van der Waals surface area contributed by atoms with E-state index in [1.54, 1.807) is 0 Å². The fraction of sp³-hybridized carbons (Fsp3) is 0.500. The van der Waals surface area contributed by atoms with E-state index in [-0.39, 0.29) is 30.0 Å². The highest BCUT2D eigenvalue weighted by atomic mass is 32.2. The number of carbonyl (C=O) groups is 2. The standard InChI is InChI=1S/C22H28N4O4S/c1-26-19-10-6-3-7-15(19)13-20(26)22(28)25-18-9-5-4-8-17(18)21(27)24-16(14-23)11-12-31(2,29)30/h3,6-7,10,13,16-18H,4-5,8-9,11-12H2,1-2H3,(H,24,27)(H,25,28)/t16-,17-,18+/m1/s1. The number of aromatic nitrogens is 1. The van der Waals surface area contributed by atoms with Crippen molar-refractivity contribution in [1.82, 2.24) is 15.2 Å². The number of nitriles is 1. The monoisotopic (exact) mass is 444 g/mol. The minimum atomic E-state index is -3.22. The van der Waals surface area contributed by atoms with Crippen molar-refractivity contribution in [3.63, 3.8) is 0 Å². The van der Waals surface area contributed by atoms with Crippen LogP contribution in [0.3, 0.4) is 0 Å². The number of nitrogens with one attached hydrogen (secondary N) is 2. The molecule has 1 aliphatic carbocycles. The molecular formula is C22H28N4O4S. The van der Waals surface area contributed by atoms with Gasteiger partial charge in [-0.1, -0.05) is 31.0 Å². The summed E-state index contributed by atoms with van der Waals surface area (Å²) < 4.78 is 24.6. The molecule has 2 N–H and O–H groups in total. The van der Waals surface area contributed by atoms with E-state index in [9.17, 15) is 23.3 Å². The normalized spacial score (nSPS) is 20.0. The van der Waals surface area contributed by atoms with Crippen LogP contribution >= 0.6 is 0 Å². The lowest BCUT2D eigenvalue weighted by Crippen LogP contribution is -2.50. The van der Waals surface area contributed by atoms with Crippen LogP contribution in [0.5, 0.6) is 0 Å². The van der Waals surface area contributed by atoms with Crippen molar-refractivity contribution in [2.75, 3.05) is 12.0 Å². The third-order valence-corrected chi connectivity index (χ3v) is 6.83. The number of benzene rings is 1. The summed E-state index contributed by atoms with van der Waals surface area (Å²) in [5.74, 6) is -1.18. The predicted octanol–water partition coefficient (Wildman–Crippen LogP) is 1.91. The Morgan fingerprint density at radius 2 is 1.97 bits per heavy atom. The molecule has 3 atom stereocenters. The predicted molar refractivity (Wildman–Crippen MR) is 118 cm³/mol. The van der Waals surface area contributed by atoms with Crippen LogP contribution in [0.2, 0.25) is 0 Å². The Labute approximate surface area is 182 Å². The number of nitrogens with zero attached hydrogens (tertiary/aromatic N) is 2. The zero-order valence-electron chi connectivity index (χ0n) is 17.8. The lowest BCUT2D eigenvalue weighted by Gasteiger charge is -2.31. The van der Waals surface area contributed by atoms with Crippen LogP contribution in [0.1, 0.15) is 42.6 Å². The zero-order valence-corrected chi connectivity index (χ0v) is 18.6. The van der Waals surface area contributed by atoms with Crippen LogP contribution in [0.15, 0.2) is 30.3 Å². The van der Waals surface area contributed by atoms with Crippen LogP contribution < -0.4 is 10.6 Å². The van der Waals surface area contributed by atoms with Crippen LogP contribution in [-0.4, -0.2) is 48.9 Å². The smallest absolute Gasteiger partial charge is 0.268 e. The van der Waals surface area contributed by atoms with Gasteiger partial charge in [0.05, 0.1) is 17.7 Å². The fourth-order valence-electron chi connectivity index (χ4n) is 4.15. The van der Waals surface area contributed by atoms with Gasteiger partial charge < -0.3 is 15.2 Å². The molecule has 1 aliphatic rings. The number of para-hydroxylation sites is 1. The highest BCUT2D eigenvalue weighted by Crippen LogP contribution is 2.26. The van der Waals surface area contributed by atoms with E-state index in [1.807, 2.05) is 48.0 Å². The van der Waals surface area contributed by atoms with Gasteiger partial charge in [0, 0.05) is 30.2 Å². The molecular weight excluding hydrogens is 416 g/mol.